The molecule has 0 atom stereocenters. The largest absolute Gasteiger partial charge is 0.306 e. The van der Waals surface area contributed by atoms with Gasteiger partial charge in [-0.15, -0.1) is 0 Å². The second-order valence-electron chi connectivity index (χ2n) is 6.52. The molecule has 0 saturated heterocycles. The summed E-state index contributed by atoms with van der Waals surface area (Å²) in [7, 11) is 0. The molecule has 0 amide bonds. The van der Waals surface area contributed by atoms with E-state index in [2.05, 4.69) is 28.2 Å². The van der Waals surface area contributed by atoms with Crippen molar-refractivity contribution >= 4 is 16.6 Å². The van der Waals surface area contributed by atoms with Gasteiger partial charge in [-0.3, -0.25) is 9.78 Å². The molecule has 3 heterocycles. The lowest BCUT2D eigenvalue weighted by Gasteiger charge is -2.04. The van der Waals surface area contributed by atoms with Gasteiger partial charge < -0.3 is 4.98 Å². The van der Waals surface area contributed by atoms with Gasteiger partial charge in [0.05, 0.1) is 16.6 Å². The second kappa shape index (κ2) is 6.21. The molecule has 2 aromatic carbocycles. The number of para-hydroxylation sites is 1. The lowest BCUT2D eigenvalue weighted by molar-refractivity contribution is 0.926. The van der Waals surface area contributed by atoms with Gasteiger partial charge in [0.2, 0.25) is 0 Å². The Labute approximate surface area is 154 Å². The van der Waals surface area contributed by atoms with Crippen molar-refractivity contribution in [1.82, 2.24) is 19.6 Å². The van der Waals surface area contributed by atoms with E-state index in [0.29, 0.717) is 17.5 Å². The van der Waals surface area contributed by atoms with Crippen LogP contribution in [0.25, 0.3) is 27.7 Å². The van der Waals surface area contributed by atoms with Crippen LogP contribution in [0, 0.1) is 0 Å². The minimum absolute atomic E-state index is 0.0943. The van der Waals surface area contributed by atoms with Gasteiger partial charge in [-0.25, -0.2) is 4.52 Å². The van der Waals surface area contributed by atoms with Gasteiger partial charge in [0.15, 0.2) is 0 Å². The van der Waals surface area contributed by atoms with Crippen LogP contribution in [-0.4, -0.2) is 19.6 Å². The van der Waals surface area contributed by atoms with E-state index in [9.17, 15) is 4.79 Å². The molecular weight excluding hydrogens is 336 g/mol. The molecule has 1 N–H and O–H groups in total. The van der Waals surface area contributed by atoms with E-state index < -0.39 is 0 Å². The summed E-state index contributed by atoms with van der Waals surface area (Å²) < 4.78 is 1.80. The number of aromatic nitrogens is 4. The van der Waals surface area contributed by atoms with Gasteiger partial charge in [0.25, 0.3) is 5.56 Å². The second-order valence-corrected chi connectivity index (χ2v) is 6.52. The van der Waals surface area contributed by atoms with Crippen LogP contribution >= 0.6 is 0 Å². The maximum atomic E-state index is 12.3. The number of aromatic amines is 1. The predicted octanol–water partition coefficient (Wildman–Crippen LogP) is 3.83. The Balaban J connectivity index is 1.56. The van der Waals surface area contributed by atoms with Crippen LogP contribution in [0.4, 0.5) is 0 Å². The molecule has 130 valence electrons. The van der Waals surface area contributed by atoms with Crippen molar-refractivity contribution in [2.24, 2.45) is 0 Å². The van der Waals surface area contributed by atoms with Gasteiger partial charge in [0, 0.05) is 24.9 Å². The first-order valence-electron chi connectivity index (χ1n) is 8.77. The maximum absolute atomic E-state index is 12.3. The Morgan fingerprint density at radius 3 is 2.70 bits per heavy atom. The molecule has 27 heavy (non-hydrogen) atoms. The standard InChI is InChI=1S/C22H16N4O/c27-22-19-8-1-2-9-20(19)26-21(24-22)13-18(25-26)12-15-5-3-6-16(11-15)17-7-4-10-23-14-17/h1-11,13-14H,12H2,(H,24,27). The minimum atomic E-state index is -0.0943. The van der Waals surface area contributed by atoms with Gasteiger partial charge in [-0.1, -0.05) is 42.5 Å². The summed E-state index contributed by atoms with van der Waals surface area (Å²) in [4.78, 5) is 19.4. The van der Waals surface area contributed by atoms with Crippen molar-refractivity contribution in [2.75, 3.05) is 0 Å². The van der Waals surface area contributed by atoms with Crippen LogP contribution in [0.3, 0.4) is 0 Å². The van der Waals surface area contributed by atoms with E-state index in [1.807, 2.05) is 54.7 Å². The molecule has 0 aliphatic rings. The molecule has 0 fully saturated rings. The van der Waals surface area contributed by atoms with Crippen molar-refractivity contribution in [3.63, 3.8) is 0 Å². The van der Waals surface area contributed by atoms with E-state index in [0.717, 1.165) is 27.9 Å². The van der Waals surface area contributed by atoms with Crippen molar-refractivity contribution < 1.29 is 0 Å². The quantitative estimate of drug-likeness (QED) is 0.537. The van der Waals surface area contributed by atoms with Crippen LogP contribution in [0.15, 0.2) is 83.9 Å². The highest BCUT2D eigenvalue weighted by Crippen LogP contribution is 2.21. The zero-order chi connectivity index (χ0) is 18.2. The summed E-state index contributed by atoms with van der Waals surface area (Å²) in [6.45, 7) is 0. The lowest BCUT2D eigenvalue weighted by Crippen LogP contribution is -2.09. The van der Waals surface area contributed by atoms with E-state index in [1.54, 1.807) is 10.7 Å². The number of nitrogens with zero attached hydrogens (tertiary/aromatic N) is 3. The SMILES string of the molecule is O=c1[nH]c2cc(Cc3cccc(-c4cccnc4)c3)nn2c2ccccc12. The Hall–Kier alpha value is -3.73. The zero-order valence-electron chi connectivity index (χ0n) is 14.5. The van der Waals surface area contributed by atoms with Crippen LogP contribution in [0.1, 0.15) is 11.3 Å². The highest BCUT2D eigenvalue weighted by atomic mass is 16.1. The fourth-order valence-corrected chi connectivity index (χ4v) is 3.43. The summed E-state index contributed by atoms with van der Waals surface area (Å²) in [5.74, 6) is 0. The Bertz CT molecular complexity index is 1320. The topological polar surface area (TPSA) is 63.0 Å². The Kier molecular flexibility index (Phi) is 3.57. The average molecular weight is 352 g/mol. The van der Waals surface area contributed by atoms with Crippen molar-refractivity contribution in [2.45, 2.75) is 6.42 Å². The molecule has 0 bridgehead atoms. The van der Waals surface area contributed by atoms with E-state index >= 15 is 0 Å². The Morgan fingerprint density at radius 2 is 1.81 bits per heavy atom. The number of hydrogen-bond donors (Lipinski definition) is 1. The summed E-state index contributed by atoms with van der Waals surface area (Å²) in [5.41, 5.74) is 5.71. The number of fused-ring (bicyclic) bond motifs is 3. The fraction of sp³-hybridized carbons (Fsp3) is 0.0455. The van der Waals surface area contributed by atoms with Crippen molar-refractivity contribution in [3.8, 4) is 11.1 Å². The van der Waals surface area contributed by atoms with Crippen molar-refractivity contribution in [3.05, 3.63) is 101 Å². The number of rotatable bonds is 3. The van der Waals surface area contributed by atoms with Crippen LogP contribution in [0.2, 0.25) is 0 Å². The first-order chi connectivity index (χ1) is 13.3. The lowest BCUT2D eigenvalue weighted by atomic mass is 10.0. The molecule has 0 aliphatic heterocycles. The van der Waals surface area contributed by atoms with Gasteiger partial charge in [-0.2, -0.15) is 5.10 Å². The highest BCUT2D eigenvalue weighted by Gasteiger charge is 2.09. The number of nitrogens with one attached hydrogen (secondary N) is 1. The third-order valence-corrected chi connectivity index (χ3v) is 4.69. The Morgan fingerprint density at radius 1 is 0.926 bits per heavy atom. The van der Waals surface area contributed by atoms with Gasteiger partial charge in [0.1, 0.15) is 5.65 Å². The van der Waals surface area contributed by atoms with Crippen LogP contribution in [0.5, 0.6) is 0 Å². The molecule has 5 nitrogen and oxygen atoms in total. The van der Waals surface area contributed by atoms with E-state index in [-0.39, 0.29) is 5.56 Å². The molecule has 5 rings (SSSR count). The third-order valence-electron chi connectivity index (χ3n) is 4.69. The molecule has 0 spiro atoms. The van der Waals surface area contributed by atoms with Gasteiger partial charge in [-0.05, 0) is 34.9 Å². The average Bonchev–Trinajstić information content (AvgIpc) is 3.11. The van der Waals surface area contributed by atoms with Crippen LogP contribution in [-0.2, 0) is 6.42 Å². The van der Waals surface area contributed by atoms with Crippen molar-refractivity contribution in [1.29, 1.82) is 0 Å². The first kappa shape index (κ1) is 15.5. The molecular formula is C22H16N4O. The summed E-state index contributed by atoms with van der Waals surface area (Å²) in [6.07, 6.45) is 4.32. The predicted molar refractivity (Wildman–Crippen MR) is 106 cm³/mol. The minimum Gasteiger partial charge on any atom is -0.306 e. The summed E-state index contributed by atoms with van der Waals surface area (Å²) in [6, 6.07) is 21.8. The molecule has 0 radical (unpaired) electrons. The van der Waals surface area contributed by atoms with E-state index in [4.69, 9.17) is 5.10 Å². The summed E-state index contributed by atoms with van der Waals surface area (Å²) >= 11 is 0. The van der Waals surface area contributed by atoms with Crippen LogP contribution < -0.4 is 5.56 Å². The maximum Gasteiger partial charge on any atom is 0.259 e. The normalized spacial score (nSPS) is 11.3. The fourth-order valence-electron chi connectivity index (χ4n) is 3.43. The van der Waals surface area contributed by atoms with E-state index in [1.165, 1.54) is 0 Å². The number of H-pyrrole nitrogens is 1. The summed E-state index contributed by atoms with van der Waals surface area (Å²) in [5, 5.41) is 5.35. The number of hydrogen-bond acceptors (Lipinski definition) is 3. The molecule has 3 aromatic heterocycles. The first-order valence-corrected chi connectivity index (χ1v) is 8.77. The third kappa shape index (κ3) is 2.79. The monoisotopic (exact) mass is 352 g/mol. The molecule has 0 unspecified atom stereocenters. The molecule has 5 aromatic rings. The zero-order valence-corrected chi connectivity index (χ0v) is 14.5. The molecule has 0 aliphatic carbocycles. The smallest absolute Gasteiger partial charge is 0.259 e. The molecule has 5 heteroatoms. The molecule has 0 saturated carbocycles. The highest BCUT2D eigenvalue weighted by molar-refractivity contribution is 5.80. The number of pyridine rings is 1. The van der Waals surface area contributed by atoms with Gasteiger partial charge >= 0.3 is 0 Å². The number of benzene rings is 2.